The Morgan fingerprint density at radius 1 is 1.00 bits per heavy atom. The van der Waals surface area contributed by atoms with Gasteiger partial charge in [0.05, 0.1) is 17.3 Å². The highest BCUT2D eigenvalue weighted by molar-refractivity contribution is 6.30. The summed E-state index contributed by atoms with van der Waals surface area (Å²) in [7, 11) is 0. The molecule has 0 unspecified atom stereocenters. The van der Waals surface area contributed by atoms with E-state index in [-0.39, 0.29) is 0 Å². The van der Waals surface area contributed by atoms with E-state index >= 15 is 0 Å². The van der Waals surface area contributed by atoms with Gasteiger partial charge in [0, 0.05) is 24.7 Å². The highest BCUT2D eigenvalue weighted by atomic mass is 35.5. The van der Waals surface area contributed by atoms with Crippen LogP contribution in [0.15, 0.2) is 48.5 Å². The number of hydrogen-bond acceptors (Lipinski definition) is 3. The molecule has 1 saturated heterocycles. The Morgan fingerprint density at radius 2 is 1.56 bits per heavy atom. The number of nitrogens with zero attached hydrogens (tertiary/aromatic N) is 1. The SMILES string of the molecule is O[C@@H](CN1CCC(O)(c2ccc(C(F)(F)F)cc2)CC1)c1ccc(Cl)cc1. The molecular formula is C20H21ClF3NO2. The van der Waals surface area contributed by atoms with Crippen LogP contribution in [0.2, 0.25) is 5.02 Å². The molecule has 1 atom stereocenters. The van der Waals surface area contributed by atoms with Gasteiger partial charge in [-0.2, -0.15) is 13.2 Å². The van der Waals surface area contributed by atoms with Gasteiger partial charge in [-0.3, -0.25) is 0 Å². The van der Waals surface area contributed by atoms with E-state index in [4.69, 9.17) is 11.6 Å². The fourth-order valence-corrected chi connectivity index (χ4v) is 3.52. The molecule has 1 aliphatic rings. The number of piperidine rings is 1. The summed E-state index contributed by atoms with van der Waals surface area (Å²) in [5.41, 5.74) is -0.610. The van der Waals surface area contributed by atoms with Crippen molar-refractivity contribution in [1.29, 1.82) is 0 Å². The molecule has 27 heavy (non-hydrogen) atoms. The molecule has 3 nitrogen and oxygen atoms in total. The minimum absolute atomic E-state index is 0.395. The Hall–Kier alpha value is -1.60. The third kappa shape index (κ3) is 4.82. The standard InChI is InChI=1S/C20H21ClF3NO2/c21-17-7-1-14(2-8-17)18(26)13-25-11-9-19(27,10-12-25)15-3-5-16(6-4-15)20(22,23)24/h1-8,18,26-27H,9-13H2/t18-/m0/s1. The smallest absolute Gasteiger partial charge is 0.387 e. The van der Waals surface area contributed by atoms with Crippen LogP contribution < -0.4 is 0 Å². The van der Waals surface area contributed by atoms with Crippen LogP contribution in [0.5, 0.6) is 0 Å². The second kappa shape index (κ2) is 7.80. The number of aliphatic hydroxyl groups excluding tert-OH is 1. The first-order valence-electron chi connectivity index (χ1n) is 8.73. The second-order valence-corrected chi connectivity index (χ2v) is 7.41. The number of halogens is 4. The van der Waals surface area contributed by atoms with E-state index in [1.165, 1.54) is 12.1 Å². The molecule has 1 aliphatic heterocycles. The maximum absolute atomic E-state index is 12.7. The zero-order valence-corrected chi connectivity index (χ0v) is 15.3. The van der Waals surface area contributed by atoms with E-state index in [2.05, 4.69) is 0 Å². The molecule has 0 radical (unpaired) electrons. The maximum atomic E-state index is 12.7. The van der Waals surface area contributed by atoms with Crippen molar-refractivity contribution in [3.05, 3.63) is 70.2 Å². The zero-order chi connectivity index (χ0) is 19.7. The van der Waals surface area contributed by atoms with Gasteiger partial charge in [-0.05, 0) is 48.2 Å². The van der Waals surface area contributed by atoms with Crippen LogP contribution in [0.25, 0.3) is 0 Å². The van der Waals surface area contributed by atoms with Gasteiger partial charge in [0.15, 0.2) is 0 Å². The van der Waals surface area contributed by atoms with E-state index in [0.29, 0.717) is 43.1 Å². The topological polar surface area (TPSA) is 43.7 Å². The number of aliphatic hydroxyl groups is 2. The second-order valence-electron chi connectivity index (χ2n) is 6.97. The molecule has 2 aromatic carbocycles. The summed E-state index contributed by atoms with van der Waals surface area (Å²) in [4.78, 5) is 2.04. The Labute approximate surface area is 161 Å². The van der Waals surface area contributed by atoms with E-state index < -0.39 is 23.4 Å². The Bertz CT molecular complexity index is 754. The van der Waals surface area contributed by atoms with Crippen molar-refractivity contribution in [2.75, 3.05) is 19.6 Å². The Morgan fingerprint density at radius 3 is 2.07 bits per heavy atom. The first-order chi connectivity index (χ1) is 12.7. The lowest BCUT2D eigenvalue weighted by Gasteiger charge is -2.39. The number of benzene rings is 2. The molecule has 1 heterocycles. The summed E-state index contributed by atoms with van der Waals surface area (Å²) >= 11 is 5.85. The van der Waals surface area contributed by atoms with Crippen LogP contribution in [-0.2, 0) is 11.8 Å². The van der Waals surface area contributed by atoms with Gasteiger partial charge in [-0.25, -0.2) is 0 Å². The summed E-state index contributed by atoms with van der Waals surface area (Å²) in [5, 5.41) is 21.8. The number of likely N-dealkylation sites (tertiary alicyclic amines) is 1. The molecule has 0 aliphatic carbocycles. The fraction of sp³-hybridized carbons (Fsp3) is 0.400. The molecule has 2 aromatic rings. The molecule has 1 fully saturated rings. The molecule has 0 saturated carbocycles. The average Bonchev–Trinajstić information content (AvgIpc) is 2.64. The normalized spacial score (nSPS) is 19.0. The summed E-state index contributed by atoms with van der Waals surface area (Å²) in [6, 6.07) is 11.7. The predicted molar refractivity (Wildman–Crippen MR) is 97.4 cm³/mol. The summed E-state index contributed by atoms with van der Waals surface area (Å²) in [6.45, 7) is 1.51. The molecule has 0 bridgehead atoms. The zero-order valence-electron chi connectivity index (χ0n) is 14.6. The Kier molecular flexibility index (Phi) is 5.82. The summed E-state index contributed by atoms with van der Waals surface area (Å²) in [6.07, 6.45) is -4.26. The molecule has 0 spiro atoms. The average molecular weight is 400 g/mol. The third-order valence-electron chi connectivity index (χ3n) is 5.12. The maximum Gasteiger partial charge on any atom is 0.416 e. The largest absolute Gasteiger partial charge is 0.416 e. The van der Waals surface area contributed by atoms with E-state index in [1.54, 1.807) is 24.3 Å². The number of β-amino-alcohol motifs (C(OH)–C–C–N with tert-alkyl or cyclic N) is 1. The molecule has 7 heteroatoms. The van der Waals surface area contributed by atoms with Crippen molar-refractivity contribution < 1.29 is 23.4 Å². The van der Waals surface area contributed by atoms with Gasteiger partial charge >= 0.3 is 6.18 Å². The van der Waals surface area contributed by atoms with Crippen molar-refractivity contribution >= 4 is 11.6 Å². The number of rotatable bonds is 4. The van der Waals surface area contributed by atoms with Gasteiger partial charge < -0.3 is 15.1 Å². The van der Waals surface area contributed by atoms with Crippen molar-refractivity contribution in [2.45, 2.75) is 30.7 Å². The minimum atomic E-state index is -4.39. The van der Waals surface area contributed by atoms with Crippen LogP contribution in [0.1, 0.15) is 35.6 Å². The number of hydrogen-bond donors (Lipinski definition) is 2. The van der Waals surface area contributed by atoms with Crippen molar-refractivity contribution in [3.8, 4) is 0 Å². The molecule has 3 rings (SSSR count). The number of alkyl halides is 3. The quantitative estimate of drug-likeness (QED) is 0.802. The Balaban J connectivity index is 1.59. The van der Waals surface area contributed by atoms with Gasteiger partial charge in [-0.1, -0.05) is 35.9 Å². The van der Waals surface area contributed by atoms with Crippen LogP contribution in [-0.4, -0.2) is 34.7 Å². The van der Waals surface area contributed by atoms with Gasteiger partial charge in [0.1, 0.15) is 0 Å². The highest BCUT2D eigenvalue weighted by Crippen LogP contribution is 2.36. The first kappa shape index (κ1) is 20.1. The summed E-state index contributed by atoms with van der Waals surface area (Å²) in [5.74, 6) is 0. The van der Waals surface area contributed by atoms with Gasteiger partial charge in [-0.15, -0.1) is 0 Å². The third-order valence-corrected chi connectivity index (χ3v) is 5.37. The van der Waals surface area contributed by atoms with Crippen LogP contribution >= 0.6 is 11.6 Å². The summed E-state index contributed by atoms with van der Waals surface area (Å²) < 4.78 is 38.1. The van der Waals surface area contributed by atoms with Crippen molar-refractivity contribution in [3.63, 3.8) is 0 Å². The van der Waals surface area contributed by atoms with Crippen LogP contribution in [0.3, 0.4) is 0 Å². The molecular weight excluding hydrogens is 379 g/mol. The lowest BCUT2D eigenvalue weighted by atomic mass is 9.84. The van der Waals surface area contributed by atoms with E-state index in [0.717, 1.165) is 17.7 Å². The van der Waals surface area contributed by atoms with Crippen molar-refractivity contribution in [1.82, 2.24) is 4.90 Å². The minimum Gasteiger partial charge on any atom is -0.387 e. The lowest BCUT2D eigenvalue weighted by Crippen LogP contribution is -2.44. The van der Waals surface area contributed by atoms with Gasteiger partial charge in [0.2, 0.25) is 0 Å². The van der Waals surface area contributed by atoms with Gasteiger partial charge in [0.25, 0.3) is 0 Å². The highest BCUT2D eigenvalue weighted by Gasteiger charge is 2.36. The lowest BCUT2D eigenvalue weighted by molar-refractivity contribution is -0.137. The molecule has 146 valence electrons. The molecule has 2 N–H and O–H groups in total. The van der Waals surface area contributed by atoms with E-state index in [1.807, 2.05) is 4.90 Å². The predicted octanol–water partition coefficient (Wildman–Crippen LogP) is 4.38. The first-order valence-corrected chi connectivity index (χ1v) is 9.11. The molecule has 0 aromatic heterocycles. The molecule has 0 amide bonds. The van der Waals surface area contributed by atoms with Crippen LogP contribution in [0.4, 0.5) is 13.2 Å². The monoisotopic (exact) mass is 399 g/mol. The van der Waals surface area contributed by atoms with E-state index in [9.17, 15) is 23.4 Å². The fourth-order valence-electron chi connectivity index (χ4n) is 3.40. The van der Waals surface area contributed by atoms with Crippen LogP contribution in [0, 0.1) is 0 Å². The van der Waals surface area contributed by atoms with Crippen molar-refractivity contribution in [2.24, 2.45) is 0 Å².